The Kier molecular flexibility index (Phi) is 4.71. The third kappa shape index (κ3) is 3.52. The van der Waals surface area contributed by atoms with Gasteiger partial charge in [0.15, 0.2) is 0 Å². The van der Waals surface area contributed by atoms with Crippen molar-refractivity contribution in [2.24, 2.45) is 11.1 Å². The minimum Gasteiger partial charge on any atom is -0.399 e. The van der Waals surface area contributed by atoms with Gasteiger partial charge in [-0.3, -0.25) is 0 Å². The van der Waals surface area contributed by atoms with E-state index in [-0.39, 0.29) is 0 Å². The van der Waals surface area contributed by atoms with Crippen molar-refractivity contribution in [1.82, 2.24) is 0 Å². The third-order valence-electron chi connectivity index (χ3n) is 2.93. The third-order valence-corrected chi connectivity index (χ3v) is 2.93. The fraction of sp³-hybridized carbons (Fsp3) is 0.750. The molecule has 0 radical (unpaired) electrons. The smallest absolute Gasteiger partial charge is 0.106 e. The van der Waals surface area contributed by atoms with Gasteiger partial charge < -0.3 is 4.84 Å². The van der Waals surface area contributed by atoms with Crippen LogP contribution in [-0.4, -0.2) is 12.8 Å². The standard InChI is InChI=1S/C12H21NO/c1-10(11(2)13-14-3)9-12-7-5-4-6-8-12/h9,12H,4-8H2,1-3H3. The summed E-state index contributed by atoms with van der Waals surface area (Å²) in [6.45, 7) is 4.12. The number of oxime groups is 1. The largest absolute Gasteiger partial charge is 0.399 e. The highest BCUT2D eigenvalue weighted by Gasteiger charge is 2.11. The van der Waals surface area contributed by atoms with Gasteiger partial charge in [-0.1, -0.05) is 30.5 Å². The Labute approximate surface area is 87.0 Å². The van der Waals surface area contributed by atoms with E-state index in [2.05, 4.69) is 18.2 Å². The van der Waals surface area contributed by atoms with Gasteiger partial charge in [-0.15, -0.1) is 0 Å². The molecule has 0 unspecified atom stereocenters. The quantitative estimate of drug-likeness (QED) is 0.498. The fourth-order valence-corrected chi connectivity index (χ4v) is 1.98. The summed E-state index contributed by atoms with van der Waals surface area (Å²) in [5.41, 5.74) is 2.26. The Morgan fingerprint density at radius 1 is 1.21 bits per heavy atom. The lowest BCUT2D eigenvalue weighted by atomic mass is 9.87. The monoisotopic (exact) mass is 195 g/mol. The minimum atomic E-state index is 0.769. The lowest BCUT2D eigenvalue weighted by Gasteiger charge is -2.18. The maximum absolute atomic E-state index is 4.76. The molecule has 2 nitrogen and oxygen atoms in total. The summed E-state index contributed by atoms with van der Waals surface area (Å²) in [4.78, 5) is 4.76. The Hall–Kier alpha value is -0.790. The molecule has 1 fully saturated rings. The molecule has 80 valence electrons. The minimum absolute atomic E-state index is 0.769. The number of rotatable bonds is 3. The molecule has 0 aromatic heterocycles. The molecule has 2 heteroatoms. The zero-order valence-electron chi connectivity index (χ0n) is 9.55. The second-order valence-electron chi connectivity index (χ2n) is 4.11. The molecule has 0 aromatic rings. The Morgan fingerprint density at radius 3 is 2.43 bits per heavy atom. The SMILES string of the molecule is CON=C(C)C(C)=CC1CCCCC1. The number of hydrogen-bond acceptors (Lipinski definition) is 2. The first-order valence-electron chi connectivity index (χ1n) is 5.50. The molecule has 1 aliphatic carbocycles. The van der Waals surface area contributed by atoms with E-state index in [1.165, 1.54) is 37.7 Å². The maximum atomic E-state index is 4.76. The summed E-state index contributed by atoms with van der Waals surface area (Å²) >= 11 is 0. The molecule has 0 bridgehead atoms. The van der Waals surface area contributed by atoms with Crippen molar-refractivity contribution in [1.29, 1.82) is 0 Å². The van der Waals surface area contributed by atoms with Gasteiger partial charge in [0.1, 0.15) is 7.11 Å². The van der Waals surface area contributed by atoms with E-state index in [1.54, 1.807) is 7.11 Å². The van der Waals surface area contributed by atoms with E-state index >= 15 is 0 Å². The Bertz CT molecular complexity index is 224. The van der Waals surface area contributed by atoms with Gasteiger partial charge in [-0.2, -0.15) is 0 Å². The van der Waals surface area contributed by atoms with Crippen LogP contribution in [0, 0.1) is 5.92 Å². The molecule has 0 spiro atoms. The number of nitrogens with zero attached hydrogens (tertiary/aromatic N) is 1. The summed E-state index contributed by atoms with van der Waals surface area (Å²) in [6.07, 6.45) is 9.23. The van der Waals surface area contributed by atoms with Crippen LogP contribution < -0.4 is 0 Å². The summed E-state index contributed by atoms with van der Waals surface area (Å²) in [7, 11) is 1.59. The van der Waals surface area contributed by atoms with Gasteiger partial charge in [0, 0.05) is 0 Å². The summed E-state index contributed by atoms with van der Waals surface area (Å²) in [5.74, 6) is 0.769. The van der Waals surface area contributed by atoms with Crippen molar-refractivity contribution in [3.63, 3.8) is 0 Å². The molecule has 14 heavy (non-hydrogen) atoms. The van der Waals surface area contributed by atoms with Gasteiger partial charge in [0.2, 0.25) is 0 Å². The average molecular weight is 195 g/mol. The first-order valence-corrected chi connectivity index (χ1v) is 5.50. The van der Waals surface area contributed by atoms with Gasteiger partial charge in [-0.05, 0) is 38.2 Å². The number of allylic oxidation sites excluding steroid dienone is 2. The van der Waals surface area contributed by atoms with E-state index in [1.807, 2.05) is 6.92 Å². The van der Waals surface area contributed by atoms with Crippen LogP contribution in [0.4, 0.5) is 0 Å². The maximum Gasteiger partial charge on any atom is 0.106 e. The zero-order chi connectivity index (χ0) is 10.4. The van der Waals surface area contributed by atoms with Gasteiger partial charge in [0.25, 0.3) is 0 Å². The number of hydrogen-bond donors (Lipinski definition) is 0. The molecule has 0 saturated heterocycles. The zero-order valence-corrected chi connectivity index (χ0v) is 9.55. The molecular weight excluding hydrogens is 174 g/mol. The Balaban J connectivity index is 2.52. The van der Waals surface area contributed by atoms with Crippen LogP contribution in [0.15, 0.2) is 16.8 Å². The highest BCUT2D eigenvalue weighted by molar-refractivity contribution is 5.97. The first kappa shape index (κ1) is 11.3. The van der Waals surface area contributed by atoms with Crippen LogP contribution >= 0.6 is 0 Å². The molecule has 0 atom stereocenters. The molecule has 0 aliphatic heterocycles. The summed E-state index contributed by atoms with van der Waals surface area (Å²) < 4.78 is 0. The predicted octanol–water partition coefficient (Wildman–Crippen LogP) is 3.54. The molecule has 0 N–H and O–H groups in total. The topological polar surface area (TPSA) is 21.6 Å². The van der Waals surface area contributed by atoms with Crippen LogP contribution in [0.1, 0.15) is 46.0 Å². The molecule has 0 amide bonds. The van der Waals surface area contributed by atoms with Crippen LogP contribution in [0.5, 0.6) is 0 Å². The second kappa shape index (κ2) is 5.84. The fourth-order valence-electron chi connectivity index (χ4n) is 1.98. The van der Waals surface area contributed by atoms with Crippen molar-refractivity contribution in [3.8, 4) is 0 Å². The Morgan fingerprint density at radius 2 is 1.86 bits per heavy atom. The highest BCUT2D eigenvalue weighted by Crippen LogP contribution is 2.25. The molecule has 0 heterocycles. The molecule has 1 rings (SSSR count). The van der Waals surface area contributed by atoms with Crippen LogP contribution in [0.25, 0.3) is 0 Å². The first-order chi connectivity index (χ1) is 6.74. The summed E-state index contributed by atoms with van der Waals surface area (Å²) in [5, 5.41) is 3.94. The van der Waals surface area contributed by atoms with E-state index in [0.29, 0.717) is 0 Å². The summed E-state index contributed by atoms with van der Waals surface area (Å²) in [6, 6.07) is 0. The van der Waals surface area contributed by atoms with E-state index < -0.39 is 0 Å². The van der Waals surface area contributed by atoms with Gasteiger partial charge in [0.05, 0.1) is 5.71 Å². The normalized spacial score (nSPS) is 21.1. The lowest BCUT2D eigenvalue weighted by molar-refractivity contribution is 0.213. The highest BCUT2D eigenvalue weighted by atomic mass is 16.6. The second-order valence-corrected chi connectivity index (χ2v) is 4.11. The molecule has 1 saturated carbocycles. The molecule has 1 aliphatic rings. The predicted molar refractivity (Wildman–Crippen MR) is 60.5 cm³/mol. The van der Waals surface area contributed by atoms with Crippen LogP contribution in [0.3, 0.4) is 0 Å². The molecular formula is C12H21NO. The van der Waals surface area contributed by atoms with E-state index in [9.17, 15) is 0 Å². The van der Waals surface area contributed by atoms with Crippen molar-refractivity contribution >= 4 is 5.71 Å². The van der Waals surface area contributed by atoms with Gasteiger partial charge in [-0.25, -0.2) is 0 Å². The van der Waals surface area contributed by atoms with E-state index in [0.717, 1.165) is 11.6 Å². The average Bonchev–Trinajstić information content (AvgIpc) is 2.19. The lowest BCUT2D eigenvalue weighted by Crippen LogP contribution is -2.05. The van der Waals surface area contributed by atoms with Crippen molar-refractivity contribution in [2.75, 3.05) is 7.11 Å². The van der Waals surface area contributed by atoms with Crippen LogP contribution in [-0.2, 0) is 4.84 Å². The van der Waals surface area contributed by atoms with Crippen molar-refractivity contribution in [3.05, 3.63) is 11.6 Å². The van der Waals surface area contributed by atoms with Gasteiger partial charge >= 0.3 is 0 Å². The van der Waals surface area contributed by atoms with Crippen molar-refractivity contribution < 1.29 is 4.84 Å². The van der Waals surface area contributed by atoms with E-state index in [4.69, 9.17) is 4.84 Å². The van der Waals surface area contributed by atoms with Crippen LogP contribution in [0.2, 0.25) is 0 Å². The van der Waals surface area contributed by atoms with Crippen molar-refractivity contribution in [2.45, 2.75) is 46.0 Å². The molecule has 0 aromatic carbocycles.